The number of nitrogens with two attached hydrogens (primary N) is 1. The Bertz CT molecular complexity index is 286. The highest BCUT2D eigenvalue weighted by molar-refractivity contribution is 7.80. The van der Waals surface area contributed by atoms with Crippen LogP contribution in [0.25, 0.3) is 0 Å². The molecule has 0 bridgehead atoms. The Balaban J connectivity index is 3.76. The van der Waals surface area contributed by atoms with Crippen molar-refractivity contribution in [2.45, 2.75) is 26.4 Å². The summed E-state index contributed by atoms with van der Waals surface area (Å²) in [6.07, 6.45) is -0.641. The maximum absolute atomic E-state index is 11.1. The van der Waals surface area contributed by atoms with Crippen LogP contribution in [0.2, 0.25) is 0 Å². The fraction of sp³-hybridized carbons (Fsp3) is 0.667. The van der Waals surface area contributed by atoms with Gasteiger partial charge in [0.25, 0.3) is 0 Å². The van der Waals surface area contributed by atoms with Crippen LogP contribution >= 0.6 is 12.2 Å². The minimum absolute atomic E-state index is 0.115. The lowest BCUT2D eigenvalue weighted by atomic mass is 10.2. The molecular weight excluding hydrogens is 230 g/mol. The Hall–Kier alpha value is -1.37. The van der Waals surface area contributed by atoms with Crippen molar-refractivity contribution in [2.24, 2.45) is 5.73 Å². The molecule has 0 atom stereocenters. The number of rotatable bonds is 4. The van der Waals surface area contributed by atoms with E-state index >= 15 is 0 Å². The maximum atomic E-state index is 11.1. The second-order valence-corrected chi connectivity index (χ2v) is 4.62. The summed E-state index contributed by atoms with van der Waals surface area (Å²) < 4.78 is 4.93. The minimum Gasteiger partial charge on any atom is -0.444 e. The summed E-state index contributed by atoms with van der Waals surface area (Å²) in [4.78, 5) is 22.4. The fourth-order valence-corrected chi connectivity index (χ4v) is 0.787. The van der Waals surface area contributed by atoms with Crippen molar-refractivity contribution >= 4 is 29.2 Å². The van der Waals surface area contributed by atoms with Crippen LogP contribution in [0, 0.1) is 0 Å². The van der Waals surface area contributed by atoms with Gasteiger partial charge >= 0.3 is 6.09 Å². The Morgan fingerprint density at radius 1 is 1.25 bits per heavy atom. The van der Waals surface area contributed by atoms with Crippen molar-refractivity contribution in [3.63, 3.8) is 0 Å². The van der Waals surface area contributed by atoms with Crippen molar-refractivity contribution in [2.75, 3.05) is 13.1 Å². The van der Waals surface area contributed by atoms with Crippen molar-refractivity contribution in [1.82, 2.24) is 10.6 Å². The van der Waals surface area contributed by atoms with Crippen LogP contribution in [0.5, 0.6) is 0 Å². The van der Waals surface area contributed by atoms with E-state index in [4.69, 9.17) is 10.5 Å². The average molecular weight is 247 g/mol. The van der Waals surface area contributed by atoms with E-state index in [0.29, 0.717) is 0 Å². The summed E-state index contributed by atoms with van der Waals surface area (Å²) in [5.74, 6) is -0.376. The van der Waals surface area contributed by atoms with Crippen molar-refractivity contribution < 1.29 is 14.3 Å². The highest BCUT2D eigenvalue weighted by atomic mass is 32.1. The number of carbonyl (C=O) groups excluding carboxylic acids is 2. The molecule has 6 nitrogen and oxygen atoms in total. The molecule has 16 heavy (non-hydrogen) atoms. The summed E-state index contributed by atoms with van der Waals surface area (Å²) in [6.45, 7) is 5.15. The third-order valence-corrected chi connectivity index (χ3v) is 1.40. The second kappa shape index (κ2) is 6.26. The lowest BCUT2D eigenvalue weighted by Crippen LogP contribution is -2.41. The summed E-state index contributed by atoms with van der Waals surface area (Å²) in [6, 6.07) is 0. The number of alkyl carbamates (subject to hydrolysis) is 1. The molecule has 92 valence electrons. The summed E-state index contributed by atoms with van der Waals surface area (Å²) >= 11 is 4.57. The molecular formula is C9H17N3O3S. The molecule has 7 heteroatoms. The first kappa shape index (κ1) is 14.6. The molecule has 0 aromatic carbocycles. The van der Waals surface area contributed by atoms with Crippen LogP contribution < -0.4 is 16.4 Å². The van der Waals surface area contributed by atoms with E-state index < -0.39 is 11.7 Å². The first-order valence-corrected chi connectivity index (χ1v) is 5.13. The molecule has 0 fully saturated rings. The number of carbonyl (C=O) groups is 2. The fourth-order valence-electron chi connectivity index (χ4n) is 0.715. The van der Waals surface area contributed by atoms with Crippen LogP contribution in [0.15, 0.2) is 0 Å². The number of nitrogens with one attached hydrogen (secondary N) is 2. The molecule has 0 radical (unpaired) electrons. The molecule has 0 heterocycles. The predicted molar refractivity (Wildman–Crippen MR) is 64.0 cm³/mol. The normalized spacial score (nSPS) is 10.4. The van der Waals surface area contributed by atoms with E-state index in [2.05, 4.69) is 22.9 Å². The van der Waals surface area contributed by atoms with Gasteiger partial charge in [-0.25, -0.2) is 4.79 Å². The second-order valence-electron chi connectivity index (χ2n) is 4.10. The van der Waals surface area contributed by atoms with Gasteiger partial charge in [0.05, 0.1) is 11.5 Å². The quantitative estimate of drug-likeness (QED) is 0.604. The third kappa shape index (κ3) is 9.20. The number of hydrogen-bond acceptors (Lipinski definition) is 4. The van der Waals surface area contributed by atoms with Crippen molar-refractivity contribution in [1.29, 1.82) is 0 Å². The molecule has 0 rings (SSSR count). The topological polar surface area (TPSA) is 93.4 Å². The van der Waals surface area contributed by atoms with Crippen molar-refractivity contribution in [3.8, 4) is 0 Å². The van der Waals surface area contributed by atoms with E-state index in [-0.39, 0.29) is 24.0 Å². The molecule has 0 aliphatic rings. The molecule has 0 saturated carbocycles. The number of hydrogen-bond donors (Lipinski definition) is 3. The van der Waals surface area contributed by atoms with Crippen molar-refractivity contribution in [3.05, 3.63) is 0 Å². The van der Waals surface area contributed by atoms with Crippen LogP contribution in [0.3, 0.4) is 0 Å². The lowest BCUT2D eigenvalue weighted by molar-refractivity contribution is -0.120. The average Bonchev–Trinajstić information content (AvgIpc) is 2.08. The monoisotopic (exact) mass is 247 g/mol. The van der Waals surface area contributed by atoms with Gasteiger partial charge in [0.2, 0.25) is 5.91 Å². The molecule has 0 unspecified atom stereocenters. The van der Waals surface area contributed by atoms with Gasteiger partial charge in [-0.05, 0) is 20.8 Å². The first-order valence-electron chi connectivity index (χ1n) is 4.72. The molecule has 4 N–H and O–H groups in total. The van der Waals surface area contributed by atoms with E-state index in [9.17, 15) is 9.59 Å². The summed E-state index contributed by atoms with van der Waals surface area (Å²) in [5.41, 5.74) is 4.60. The Morgan fingerprint density at radius 2 is 1.81 bits per heavy atom. The largest absolute Gasteiger partial charge is 0.444 e. The Morgan fingerprint density at radius 3 is 2.25 bits per heavy atom. The number of thiocarbonyl (C=S) groups is 1. The number of ether oxygens (including phenoxy) is 1. The zero-order valence-corrected chi connectivity index (χ0v) is 10.4. The summed E-state index contributed by atoms with van der Waals surface area (Å²) in [5, 5.41) is 4.73. The standard InChI is InChI=1S/C9H17N3O3S/c1-9(2,3)15-8(14)12-5-7(13)11-4-6(10)16/h4-5H2,1-3H3,(H2,10,16)(H,11,13)(H,12,14). The van der Waals surface area contributed by atoms with E-state index in [1.165, 1.54) is 0 Å². The van der Waals surface area contributed by atoms with Gasteiger partial charge in [0.15, 0.2) is 0 Å². The van der Waals surface area contributed by atoms with Gasteiger partial charge < -0.3 is 21.1 Å². The molecule has 0 saturated heterocycles. The van der Waals surface area contributed by atoms with Gasteiger partial charge in [0, 0.05) is 0 Å². The Kier molecular flexibility index (Phi) is 5.73. The number of amides is 2. The SMILES string of the molecule is CC(C)(C)OC(=O)NCC(=O)NCC(N)=S. The zero-order valence-electron chi connectivity index (χ0n) is 9.62. The predicted octanol–water partition coefficient (Wildman–Crippen LogP) is -0.0866. The van der Waals surface area contributed by atoms with E-state index in [1.807, 2.05) is 0 Å². The molecule has 0 aliphatic carbocycles. The Labute approximate surface area is 99.9 Å². The van der Waals surface area contributed by atoms with Crippen LogP contribution in [0.4, 0.5) is 4.79 Å². The molecule has 0 aromatic rings. The van der Waals surface area contributed by atoms with Gasteiger partial charge in [-0.3, -0.25) is 4.79 Å². The highest BCUT2D eigenvalue weighted by Gasteiger charge is 2.16. The first-order chi connectivity index (χ1) is 7.20. The molecule has 0 spiro atoms. The van der Waals surface area contributed by atoms with E-state index in [0.717, 1.165) is 0 Å². The van der Waals surface area contributed by atoms with E-state index in [1.54, 1.807) is 20.8 Å². The van der Waals surface area contributed by atoms with Crippen LogP contribution in [-0.4, -0.2) is 35.7 Å². The third-order valence-electron chi connectivity index (χ3n) is 1.25. The van der Waals surface area contributed by atoms with Crippen LogP contribution in [-0.2, 0) is 9.53 Å². The smallest absolute Gasteiger partial charge is 0.408 e. The van der Waals surface area contributed by atoms with Crippen LogP contribution in [0.1, 0.15) is 20.8 Å². The lowest BCUT2D eigenvalue weighted by Gasteiger charge is -2.19. The zero-order chi connectivity index (χ0) is 12.8. The minimum atomic E-state index is -0.641. The van der Waals surface area contributed by atoms with Gasteiger partial charge in [-0.15, -0.1) is 0 Å². The van der Waals surface area contributed by atoms with Gasteiger partial charge in [0.1, 0.15) is 12.1 Å². The summed E-state index contributed by atoms with van der Waals surface area (Å²) in [7, 11) is 0. The van der Waals surface area contributed by atoms with Gasteiger partial charge in [-0.2, -0.15) is 0 Å². The maximum Gasteiger partial charge on any atom is 0.408 e. The molecule has 2 amide bonds. The van der Waals surface area contributed by atoms with Gasteiger partial charge in [-0.1, -0.05) is 12.2 Å². The molecule has 0 aromatic heterocycles. The highest BCUT2D eigenvalue weighted by Crippen LogP contribution is 2.05. The molecule has 0 aliphatic heterocycles.